The molecule has 3 aromatic carbocycles. The molecule has 0 amide bonds. The van der Waals surface area contributed by atoms with Gasteiger partial charge in [-0.05, 0) is 48.0 Å². The van der Waals surface area contributed by atoms with Crippen molar-refractivity contribution in [2.75, 3.05) is 7.11 Å². The van der Waals surface area contributed by atoms with Crippen LogP contribution in [0.5, 0.6) is 5.75 Å². The molecule has 0 bridgehead atoms. The molecule has 0 saturated heterocycles. The van der Waals surface area contributed by atoms with Crippen LogP contribution in [0.4, 0.5) is 0 Å². The molecule has 0 aromatic heterocycles. The molecular weight excluding hydrogens is 364 g/mol. The van der Waals surface area contributed by atoms with Crippen LogP contribution >= 0.6 is 11.6 Å². The van der Waals surface area contributed by atoms with Gasteiger partial charge in [0, 0.05) is 16.1 Å². The number of rotatable bonds is 6. The SMILES string of the molecule is COc1ccc(COC(=O)c2ccccc2C(=O)c2ccc(Cl)cc2)cc1. The van der Waals surface area contributed by atoms with Gasteiger partial charge >= 0.3 is 5.97 Å². The molecule has 3 aromatic rings. The lowest BCUT2D eigenvalue weighted by Crippen LogP contribution is -2.12. The standard InChI is InChI=1S/C22H17ClO4/c1-26-18-12-6-15(7-13-18)14-27-22(25)20-5-3-2-4-19(20)21(24)16-8-10-17(23)11-9-16/h2-13H,14H2,1H3. The molecule has 0 unspecified atom stereocenters. The van der Waals surface area contributed by atoms with E-state index in [0.717, 1.165) is 11.3 Å². The van der Waals surface area contributed by atoms with Crippen LogP contribution in [0.2, 0.25) is 5.02 Å². The van der Waals surface area contributed by atoms with Gasteiger partial charge in [-0.1, -0.05) is 41.9 Å². The van der Waals surface area contributed by atoms with Crippen molar-refractivity contribution in [2.24, 2.45) is 0 Å². The van der Waals surface area contributed by atoms with Crippen LogP contribution in [0.25, 0.3) is 0 Å². The number of hydrogen-bond donors (Lipinski definition) is 0. The Kier molecular flexibility index (Phi) is 5.89. The van der Waals surface area contributed by atoms with Crippen molar-refractivity contribution in [1.82, 2.24) is 0 Å². The maximum atomic E-state index is 12.8. The highest BCUT2D eigenvalue weighted by Crippen LogP contribution is 2.19. The van der Waals surface area contributed by atoms with Crippen molar-refractivity contribution in [3.05, 3.63) is 100 Å². The molecule has 0 fully saturated rings. The average molecular weight is 381 g/mol. The third kappa shape index (κ3) is 4.54. The van der Waals surface area contributed by atoms with Crippen LogP contribution < -0.4 is 4.74 Å². The van der Waals surface area contributed by atoms with E-state index in [9.17, 15) is 9.59 Å². The lowest BCUT2D eigenvalue weighted by atomic mass is 9.98. The highest BCUT2D eigenvalue weighted by atomic mass is 35.5. The second-order valence-corrected chi connectivity index (χ2v) is 6.24. The summed E-state index contributed by atoms with van der Waals surface area (Å²) in [7, 11) is 1.59. The van der Waals surface area contributed by atoms with Gasteiger partial charge in [-0.3, -0.25) is 4.79 Å². The van der Waals surface area contributed by atoms with Crippen molar-refractivity contribution in [3.63, 3.8) is 0 Å². The minimum absolute atomic E-state index is 0.103. The van der Waals surface area contributed by atoms with Gasteiger partial charge in [-0.15, -0.1) is 0 Å². The Balaban J connectivity index is 1.76. The van der Waals surface area contributed by atoms with Gasteiger partial charge in [0.15, 0.2) is 5.78 Å². The molecule has 0 N–H and O–H groups in total. The van der Waals surface area contributed by atoms with Gasteiger partial charge in [0.2, 0.25) is 0 Å². The van der Waals surface area contributed by atoms with E-state index in [1.807, 2.05) is 12.1 Å². The van der Waals surface area contributed by atoms with Gasteiger partial charge in [0.05, 0.1) is 12.7 Å². The van der Waals surface area contributed by atoms with Crippen molar-refractivity contribution in [1.29, 1.82) is 0 Å². The number of ketones is 1. The van der Waals surface area contributed by atoms with Crippen molar-refractivity contribution in [3.8, 4) is 5.75 Å². The fraction of sp³-hybridized carbons (Fsp3) is 0.0909. The van der Waals surface area contributed by atoms with Gasteiger partial charge < -0.3 is 9.47 Å². The van der Waals surface area contributed by atoms with Crippen LogP contribution in [0.3, 0.4) is 0 Å². The van der Waals surface area contributed by atoms with Crippen LogP contribution in [0.15, 0.2) is 72.8 Å². The summed E-state index contributed by atoms with van der Waals surface area (Å²) >= 11 is 5.87. The predicted molar refractivity (Wildman–Crippen MR) is 103 cm³/mol. The van der Waals surface area contributed by atoms with Gasteiger partial charge in [0.25, 0.3) is 0 Å². The second-order valence-electron chi connectivity index (χ2n) is 5.81. The van der Waals surface area contributed by atoms with E-state index in [2.05, 4.69) is 0 Å². The van der Waals surface area contributed by atoms with Gasteiger partial charge in [-0.25, -0.2) is 4.79 Å². The smallest absolute Gasteiger partial charge is 0.339 e. The quantitative estimate of drug-likeness (QED) is 0.449. The molecule has 0 aliphatic rings. The zero-order valence-corrected chi connectivity index (χ0v) is 15.4. The maximum Gasteiger partial charge on any atom is 0.339 e. The summed E-state index contributed by atoms with van der Waals surface area (Å²) in [5.74, 6) is -0.0867. The van der Waals surface area contributed by atoms with Crippen LogP contribution in [0.1, 0.15) is 31.8 Å². The fourth-order valence-corrected chi connectivity index (χ4v) is 2.69. The molecule has 0 saturated carbocycles. The Labute approximate surface area is 162 Å². The monoisotopic (exact) mass is 380 g/mol. The lowest BCUT2D eigenvalue weighted by Gasteiger charge is -2.10. The minimum Gasteiger partial charge on any atom is -0.497 e. The van der Waals surface area contributed by atoms with E-state index in [4.69, 9.17) is 21.1 Å². The van der Waals surface area contributed by atoms with Gasteiger partial charge in [-0.2, -0.15) is 0 Å². The Morgan fingerprint density at radius 2 is 1.48 bits per heavy atom. The summed E-state index contributed by atoms with van der Waals surface area (Å²) < 4.78 is 10.5. The lowest BCUT2D eigenvalue weighted by molar-refractivity contribution is 0.0470. The fourth-order valence-electron chi connectivity index (χ4n) is 2.56. The molecule has 27 heavy (non-hydrogen) atoms. The molecule has 0 aliphatic heterocycles. The predicted octanol–water partition coefficient (Wildman–Crippen LogP) is 4.94. The van der Waals surface area contributed by atoms with E-state index in [1.165, 1.54) is 0 Å². The number of methoxy groups -OCH3 is 1. The number of benzene rings is 3. The highest BCUT2D eigenvalue weighted by molar-refractivity contribution is 6.30. The number of esters is 1. The number of carbonyl (C=O) groups is 2. The van der Waals surface area contributed by atoms with E-state index < -0.39 is 5.97 Å². The largest absolute Gasteiger partial charge is 0.497 e. The van der Waals surface area contributed by atoms with Crippen LogP contribution in [-0.2, 0) is 11.3 Å². The van der Waals surface area contributed by atoms with E-state index in [0.29, 0.717) is 16.1 Å². The van der Waals surface area contributed by atoms with E-state index in [1.54, 1.807) is 67.8 Å². The molecule has 0 heterocycles. The zero-order chi connectivity index (χ0) is 19.2. The van der Waals surface area contributed by atoms with Crippen LogP contribution in [-0.4, -0.2) is 18.9 Å². The Hall–Kier alpha value is -3.11. The second kappa shape index (κ2) is 8.52. The summed E-state index contributed by atoms with van der Waals surface area (Å²) in [4.78, 5) is 25.3. The molecule has 0 atom stereocenters. The summed E-state index contributed by atoms with van der Waals surface area (Å²) in [5.41, 5.74) is 1.80. The molecule has 0 spiro atoms. The summed E-state index contributed by atoms with van der Waals surface area (Å²) in [5, 5.41) is 0.540. The van der Waals surface area contributed by atoms with E-state index >= 15 is 0 Å². The number of halogens is 1. The normalized spacial score (nSPS) is 10.3. The number of ether oxygens (including phenoxy) is 2. The maximum absolute atomic E-state index is 12.8. The molecule has 0 aliphatic carbocycles. The molecule has 136 valence electrons. The summed E-state index contributed by atoms with van der Waals surface area (Å²) in [6.07, 6.45) is 0. The average Bonchev–Trinajstić information content (AvgIpc) is 2.72. The summed E-state index contributed by atoms with van der Waals surface area (Å²) in [6.45, 7) is 0.103. The number of hydrogen-bond acceptors (Lipinski definition) is 4. The van der Waals surface area contributed by atoms with Crippen molar-refractivity contribution < 1.29 is 19.1 Å². The Morgan fingerprint density at radius 1 is 0.852 bits per heavy atom. The first kappa shape index (κ1) is 18.7. The molecule has 4 nitrogen and oxygen atoms in total. The zero-order valence-electron chi connectivity index (χ0n) is 14.6. The minimum atomic E-state index is -0.552. The Bertz CT molecular complexity index is 947. The van der Waals surface area contributed by atoms with Gasteiger partial charge in [0.1, 0.15) is 12.4 Å². The Morgan fingerprint density at radius 3 is 2.11 bits per heavy atom. The molecule has 0 radical (unpaired) electrons. The topological polar surface area (TPSA) is 52.6 Å². The van der Waals surface area contributed by atoms with Crippen LogP contribution in [0, 0.1) is 0 Å². The van der Waals surface area contributed by atoms with E-state index in [-0.39, 0.29) is 18.0 Å². The first-order chi connectivity index (χ1) is 13.1. The third-order valence-electron chi connectivity index (χ3n) is 4.03. The first-order valence-corrected chi connectivity index (χ1v) is 8.65. The molecular formula is C22H17ClO4. The molecule has 3 rings (SSSR count). The highest BCUT2D eigenvalue weighted by Gasteiger charge is 2.19. The first-order valence-electron chi connectivity index (χ1n) is 8.28. The number of carbonyl (C=O) groups excluding carboxylic acids is 2. The third-order valence-corrected chi connectivity index (χ3v) is 4.28. The van der Waals surface area contributed by atoms with Crippen molar-refractivity contribution >= 4 is 23.4 Å². The summed E-state index contributed by atoms with van der Waals surface area (Å²) in [6, 6.07) is 20.4. The molecule has 5 heteroatoms. The van der Waals surface area contributed by atoms with Crippen molar-refractivity contribution in [2.45, 2.75) is 6.61 Å².